The first-order valence-electron chi connectivity index (χ1n) is 6.66. The lowest BCUT2D eigenvalue weighted by molar-refractivity contribution is -0.115. The molecule has 0 saturated heterocycles. The van der Waals surface area contributed by atoms with Crippen molar-refractivity contribution in [2.75, 3.05) is 10.6 Å². The van der Waals surface area contributed by atoms with E-state index in [4.69, 9.17) is 23.2 Å². The third-order valence-corrected chi connectivity index (χ3v) is 3.58. The Morgan fingerprint density at radius 1 is 1.05 bits per heavy atom. The highest BCUT2D eigenvalue weighted by Crippen LogP contribution is 2.22. The van der Waals surface area contributed by atoms with Crippen molar-refractivity contribution in [1.82, 2.24) is 0 Å². The van der Waals surface area contributed by atoms with E-state index < -0.39 is 0 Å². The molecule has 0 aliphatic heterocycles. The number of hydrogen-bond acceptors (Lipinski definition) is 2. The zero-order chi connectivity index (χ0) is 15.2. The lowest BCUT2D eigenvalue weighted by Gasteiger charge is -2.10. The van der Waals surface area contributed by atoms with Gasteiger partial charge in [0.15, 0.2) is 0 Å². The van der Waals surface area contributed by atoms with Gasteiger partial charge in [-0.1, -0.05) is 30.1 Å². The fourth-order valence-corrected chi connectivity index (χ4v) is 2.18. The summed E-state index contributed by atoms with van der Waals surface area (Å²) in [5.74, 6) is 0.00131. The summed E-state index contributed by atoms with van der Waals surface area (Å²) in [5, 5.41) is 7.41. The summed E-state index contributed by atoms with van der Waals surface area (Å²) in [6.45, 7) is 2.40. The molecule has 21 heavy (non-hydrogen) atoms. The molecule has 0 atom stereocenters. The summed E-state index contributed by atoms with van der Waals surface area (Å²) in [6.07, 6.45) is 0.466. The van der Waals surface area contributed by atoms with Crippen molar-refractivity contribution in [3.63, 3.8) is 0 Å². The summed E-state index contributed by atoms with van der Waals surface area (Å²) >= 11 is 12.1. The quantitative estimate of drug-likeness (QED) is 0.817. The van der Waals surface area contributed by atoms with Crippen LogP contribution in [0, 0.1) is 0 Å². The van der Waals surface area contributed by atoms with Gasteiger partial charge >= 0.3 is 0 Å². The van der Waals surface area contributed by atoms with E-state index in [0.717, 1.165) is 16.9 Å². The maximum absolute atomic E-state index is 11.3. The van der Waals surface area contributed by atoms with Crippen LogP contribution in [0.15, 0.2) is 42.5 Å². The number of hydrogen-bond donors (Lipinski definition) is 2. The second-order valence-electron chi connectivity index (χ2n) is 4.57. The highest BCUT2D eigenvalue weighted by atomic mass is 35.5. The molecule has 3 nitrogen and oxygen atoms in total. The van der Waals surface area contributed by atoms with E-state index in [1.807, 2.05) is 37.3 Å². The molecule has 0 heterocycles. The maximum Gasteiger partial charge on any atom is 0.224 e. The molecule has 0 aliphatic carbocycles. The minimum absolute atomic E-state index is 0.00131. The van der Waals surface area contributed by atoms with Gasteiger partial charge in [-0.2, -0.15) is 0 Å². The zero-order valence-electron chi connectivity index (χ0n) is 11.6. The smallest absolute Gasteiger partial charge is 0.224 e. The molecule has 0 aromatic heterocycles. The molecule has 2 aromatic rings. The number of carbonyl (C=O) groups is 1. The Bertz CT molecular complexity index is 627. The van der Waals surface area contributed by atoms with Crippen LogP contribution in [-0.2, 0) is 11.3 Å². The number of amides is 1. The van der Waals surface area contributed by atoms with Crippen molar-refractivity contribution in [3.8, 4) is 0 Å². The second-order valence-corrected chi connectivity index (χ2v) is 5.41. The van der Waals surface area contributed by atoms with Gasteiger partial charge in [0.2, 0.25) is 5.91 Å². The van der Waals surface area contributed by atoms with Crippen LogP contribution < -0.4 is 10.6 Å². The van der Waals surface area contributed by atoms with E-state index in [0.29, 0.717) is 23.0 Å². The number of anilines is 2. The summed E-state index contributed by atoms with van der Waals surface area (Å²) < 4.78 is 0. The molecule has 1 amide bonds. The predicted octanol–water partition coefficient (Wildman–Crippen LogP) is 4.95. The molecule has 0 unspecified atom stereocenters. The van der Waals surface area contributed by atoms with Gasteiger partial charge in [0, 0.05) is 34.4 Å². The number of benzene rings is 2. The summed E-state index contributed by atoms with van der Waals surface area (Å²) in [7, 11) is 0. The minimum atomic E-state index is 0.00131. The molecule has 2 N–H and O–H groups in total. The SMILES string of the molecule is CCC(=O)Nc1ccc(NCc2cc(Cl)ccc2Cl)cc1. The molecule has 110 valence electrons. The van der Waals surface area contributed by atoms with E-state index in [9.17, 15) is 4.79 Å². The highest BCUT2D eigenvalue weighted by Gasteiger charge is 2.02. The predicted molar refractivity (Wildman–Crippen MR) is 89.2 cm³/mol. The van der Waals surface area contributed by atoms with Crippen molar-refractivity contribution in [1.29, 1.82) is 0 Å². The van der Waals surface area contributed by atoms with Crippen LogP contribution in [0.25, 0.3) is 0 Å². The molecule has 0 bridgehead atoms. The topological polar surface area (TPSA) is 41.1 Å². The fourth-order valence-electron chi connectivity index (χ4n) is 1.80. The molecule has 0 fully saturated rings. The summed E-state index contributed by atoms with van der Waals surface area (Å²) in [6, 6.07) is 12.9. The second kappa shape index (κ2) is 7.34. The molecule has 2 rings (SSSR count). The average Bonchev–Trinajstić information content (AvgIpc) is 2.49. The van der Waals surface area contributed by atoms with Gasteiger partial charge in [0.1, 0.15) is 0 Å². The molecule has 5 heteroatoms. The standard InChI is InChI=1S/C16H16Cl2N2O/c1-2-16(21)20-14-6-4-13(5-7-14)19-10-11-9-12(17)3-8-15(11)18/h3-9,19H,2,10H2,1H3,(H,20,21). The van der Waals surface area contributed by atoms with Gasteiger partial charge in [0.25, 0.3) is 0 Å². The molecule has 2 aromatic carbocycles. The van der Waals surface area contributed by atoms with Crippen molar-refractivity contribution in [2.45, 2.75) is 19.9 Å². The molecule has 0 aliphatic rings. The third kappa shape index (κ3) is 4.66. The van der Waals surface area contributed by atoms with Gasteiger partial charge in [-0.3, -0.25) is 4.79 Å². The normalized spacial score (nSPS) is 10.2. The first-order valence-corrected chi connectivity index (χ1v) is 7.42. The number of halogens is 2. The monoisotopic (exact) mass is 322 g/mol. The number of carbonyl (C=O) groups excluding carboxylic acids is 1. The average molecular weight is 323 g/mol. The Morgan fingerprint density at radius 2 is 1.71 bits per heavy atom. The van der Waals surface area contributed by atoms with Gasteiger partial charge in [0.05, 0.1) is 0 Å². The van der Waals surface area contributed by atoms with Crippen molar-refractivity contribution >= 4 is 40.5 Å². The van der Waals surface area contributed by atoms with Crippen LogP contribution in [0.5, 0.6) is 0 Å². The molecular weight excluding hydrogens is 307 g/mol. The fraction of sp³-hybridized carbons (Fsp3) is 0.188. The summed E-state index contributed by atoms with van der Waals surface area (Å²) in [5.41, 5.74) is 2.67. The van der Waals surface area contributed by atoms with Crippen LogP contribution in [-0.4, -0.2) is 5.91 Å². The number of nitrogens with one attached hydrogen (secondary N) is 2. The van der Waals surface area contributed by atoms with Crippen LogP contribution in [0.2, 0.25) is 10.0 Å². The van der Waals surface area contributed by atoms with E-state index in [1.54, 1.807) is 12.1 Å². The van der Waals surface area contributed by atoms with E-state index >= 15 is 0 Å². The van der Waals surface area contributed by atoms with Gasteiger partial charge in [-0.05, 0) is 48.0 Å². The molecular formula is C16H16Cl2N2O. The Kier molecular flexibility index (Phi) is 5.48. The minimum Gasteiger partial charge on any atom is -0.381 e. The third-order valence-electron chi connectivity index (χ3n) is 2.98. The largest absolute Gasteiger partial charge is 0.381 e. The van der Waals surface area contributed by atoms with Crippen LogP contribution in [0.3, 0.4) is 0 Å². The Hall–Kier alpha value is -1.71. The lowest BCUT2D eigenvalue weighted by Crippen LogP contribution is -2.09. The van der Waals surface area contributed by atoms with Crippen LogP contribution in [0.4, 0.5) is 11.4 Å². The first-order chi connectivity index (χ1) is 10.1. The van der Waals surface area contributed by atoms with Crippen molar-refractivity contribution in [3.05, 3.63) is 58.1 Å². The van der Waals surface area contributed by atoms with Gasteiger partial charge in [-0.25, -0.2) is 0 Å². The molecule has 0 radical (unpaired) electrons. The first kappa shape index (κ1) is 15.7. The maximum atomic E-state index is 11.3. The van der Waals surface area contributed by atoms with Crippen LogP contribution in [0.1, 0.15) is 18.9 Å². The van der Waals surface area contributed by atoms with E-state index in [-0.39, 0.29) is 5.91 Å². The Balaban J connectivity index is 1.97. The van der Waals surface area contributed by atoms with Crippen molar-refractivity contribution in [2.24, 2.45) is 0 Å². The highest BCUT2D eigenvalue weighted by molar-refractivity contribution is 6.33. The van der Waals surface area contributed by atoms with E-state index in [1.165, 1.54) is 0 Å². The van der Waals surface area contributed by atoms with E-state index in [2.05, 4.69) is 10.6 Å². The lowest BCUT2D eigenvalue weighted by atomic mass is 10.2. The number of rotatable bonds is 5. The zero-order valence-corrected chi connectivity index (χ0v) is 13.1. The van der Waals surface area contributed by atoms with Gasteiger partial charge < -0.3 is 10.6 Å². The molecule has 0 saturated carbocycles. The van der Waals surface area contributed by atoms with Gasteiger partial charge in [-0.15, -0.1) is 0 Å². The molecule has 0 spiro atoms. The van der Waals surface area contributed by atoms with Crippen molar-refractivity contribution < 1.29 is 4.79 Å². The Morgan fingerprint density at radius 3 is 2.38 bits per heavy atom. The van der Waals surface area contributed by atoms with Crippen LogP contribution >= 0.6 is 23.2 Å². The summed E-state index contributed by atoms with van der Waals surface area (Å²) in [4.78, 5) is 11.3. The Labute approximate surface area is 134 Å².